The minimum Gasteiger partial charge on any atom is -0.469 e. The van der Waals surface area contributed by atoms with Crippen LogP contribution < -0.4 is 5.32 Å². The van der Waals surface area contributed by atoms with Crippen LogP contribution in [-0.4, -0.2) is 24.5 Å². The van der Waals surface area contributed by atoms with Crippen molar-refractivity contribution in [1.82, 2.24) is 5.32 Å². The number of esters is 1. The van der Waals surface area contributed by atoms with Crippen molar-refractivity contribution in [3.63, 3.8) is 0 Å². The number of nitrogens with zero attached hydrogens (tertiary/aromatic N) is 1. The predicted molar refractivity (Wildman–Crippen MR) is 73.7 cm³/mol. The first kappa shape index (κ1) is 17.6. The molecule has 0 heterocycles. The number of methoxy groups -OCH3 is 1. The fourth-order valence-corrected chi connectivity index (χ4v) is 1.51. The van der Waals surface area contributed by atoms with Gasteiger partial charge in [0.2, 0.25) is 0 Å². The Morgan fingerprint density at radius 3 is 2.79 bits per heavy atom. The van der Waals surface area contributed by atoms with Crippen LogP contribution in [0.4, 0.5) is 5.69 Å². The molecule has 0 saturated carbocycles. The Hall–Kier alpha value is -1.37. The van der Waals surface area contributed by atoms with Gasteiger partial charge in [-0.1, -0.05) is 11.6 Å². The van der Waals surface area contributed by atoms with Gasteiger partial charge < -0.3 is 10.1 Å². The molecule has 0 saturated heterocycles. The van der Waals surface area contributed by atoms with Crippen molar-refractivity contribution in [1.29, 1.82) is 0 Å². The van der Waals surface area contributed by atoms with Crippen LogP contribution in [0.2, 0.25) is 5.02 Å². The van der Waals surface area contributed by atoms with Gasteiger partial charge in [0.25, 0.3) is 5.69 Å². The van der Waals surface area contributed by atoms with E-state index in [1.54, 1.807) is 0 Å². The molecule has 1 rings (SSSR count). The van der Waals surface area contributed by atoms with Crippen molar-refractivity contribution in [3.05, 3.63) is 38.9 Å². The summed E-state index contributed by atoms with van der Waals surface area (Å²) in [4.78, 5) is 21.0. The number of non-ortho nitro benzene ring substituents is 1. The van der Waals surface area contributed by atoms with E-state index in [9.17, 15) is 14.9 Å². The van der Waals surface area contributed by atoms with E-state index >= 15 is 0 Å². The highest BCUT2D eigenvalue weighted by Crippen LogP contribution is 2.21. The van der Waals surface area contributed by atoms with E-state index in [4.69, 9.17) is 11.6 Å². The van der Waals surface area contributed by atoms with Gasteiger partial charge in [0, 0.05) is 30.2 Å². The average Bonchev–Trinajstić information content (AvgIpc) is 2.35. The maximum atomic E-state index is 10.9. The zero-order valence-corrected chi connectivity index (χ0v) is 11.8. The summed E-state index contributed by atoms with van der Waals surface area (Å²) in [5, 5.41) is 14.0. The fraction of sp³-hybridized carbons (Fsp3) is 0.364. The first-order valence-electron chi connectivity index (χ1n) is 5.25. The molecule has 0 bridgehead atoms. The van der Waals surface area contributed by atoms with Crippen LogP contribution in [0.25, 0.3) is 0 Å². The average molecular weight is 309 g/mol. The lowest BCUT2D eigenvalue weighted by Crippen LogP contribution is -2.18. The highest BCUT2D eigenvalue weighted by atomic mass is 35.5. The van der Waals surface area contributed by atoms with Gasteiger partial charge in [-0.2, -0.15) is 0 Å². The van der Waals surface area contributed by atoms with Crippen molar-refractivity contribution >= 4 is 35.7 Å². The van der Waals surface area contributed by atoms with Crippen LogP contribution in [0.1, 0.15) is 12.0 Å². The summed E-state index contributed by atoms with van der Waals surface area (Å²) in [5.74, 6) is -0.312. The maximum absolute atomic E-state index is 10.9. The molecule has 106 valence electrons. The highest BCUT2D eigenvalue weighted by Gasteiger charge is 2.09. The second-order valence-electron chi connectivity index (χ2n) is 3.54. The van der Waals surface area contributed by atoms with Crippen molar-refractivity contribution in [2.24, 2.45) is 0 Å². The third-order valence-corrected chi connectivity index (χ3v) is 2.66. The van der Waals surface area contributed by atoms with Crippen LogP contribution in [0.5, 0.6) is 0 Å². The largest absolute Gasteiger partial charge is 0.469 e. The molecule has 1 aromatic carbocycles. The third kappa shape index (κ3) is 5.87. The first-order chi connectivity index (χ1) is 8.54. The Balaban J connectivity index is 0.00000324. The van der Waals surface area contributed by atoms with Crippen molar-refractivity contribution in [2.45, 2.75) is 13.0 Å². The number of nitro groups is 1. The second kappa shape index (κ2) is 8.68. The van der Waals surface area contributed by atoms with Crippen molar-refractivity contribution < 1.29 is 14.5 Å². The lowest BCUT2D eigenvalue weighted by Gasteiger charge is -2.06. The van der Waals surface area contributed by atoms with Crippen LogP contribution in [0.3, 0.4) is 0 Å². The van der Waals surface area contributed by atoms with Gasteiger partial charge in [-0.3, -0.25) is 14.9 Å². The zero-order valence-electron chi connectivity index (χ0n) is 10.2. The number of rotatable bonds is 6. The molecular weight excluding hydrogens is 295 g/mol. The minimum absolute atomic E-state index is 0. The summed E-state index contributed by atoms with van der Waals surface area (Å²) in [5.41, 5.74) is 0.611. The Kier molecular flexibility index (Phi) is 8.06. The lowest BCUT2D eigenvalue weighted by molar-refractivity contribution is -0.384. The number of nitrogens with one attached hydrogen (secondary N) is 1. The molecule has 0 aliphatic rings. The van der Waals surface area contributed by atoms with Gasteiger partial charge >= 0.3 is 5.97 Å². The Morgan fingerprint density at radius 2 is 2.21 bits per heavy atom. The Labute approximate surface area is 121 Å². The predicted octanol–water partition coefficient (Wildman–Crippen LogP) is 2.32. The summed E-state index contributed by atoms with van der Waals surface area (Å²) in [7, 11) is 1.32. The molecule has 0 spiro atoms. The van der Waals surface area contributed by atoms with E-state index in [1.165, 1.54) is 25.3 Å². The number of benzene rings is 1. The van der Waals surface area contributed by atoms with Gasteiger partial charge in [-0.25, -0.2) is 0 Å². The van der Waals surface area contributed by atoms with Crippen molar-refractivity contribution in [3.8, 4) is 0 Å². The van der Waals surface area contributed by atoms with Crippen LogP contribution >= 0.6 is 24.0 Å². The van der Waals surface area contributed by atoms with E-state index in [0.29, 0.717) is 23.7 Å². The maximum Gasteiger partial charge on any atom is 0.306 e. The monoisotopic (exact) mass is 308 g/mol. The number of halogens is 2. The first-order valence-corrected chi connectivity index (χ1v) is 5.62. The summed E-state index contributed by atoms with van der Waals surface area (Å²) < 4.78 is 4.48. The SMILES string of the molecule is COC(=O)CCNCc1cc([N+](=O)[O-])ccc1Cl.Cl. The van der Waals surface area contributed by atoms with Gasteiger partial charge in [-0.05, 0) is 11.6 Å². The summed E-state index contributed by atoms with van der Waals surface area (Å²) in [6.07, 6.45) is 0.239. The number of hydrogen-bond acceptors (Lipinski definition) is 5. The molecule has 1 aromatic rings. The normalized spacial score (nSPS) is 9.58. The highest BCUT2D eigenvalue weighted by molar-refractivity contribution is 6.31. The Morgan fingerprint density at radius 1 is 1.53 bits per heavy atom. The molecule has 6 nitrogen and oxygen atoms in total. The van der Waals surface area contributed by atoms with Gasteiger partial charge in [0.05, 0.1) is 18.5 Å². The molecule has 0 aliphatic carbocycles. The molecule has 0 amide bonds. The molecular formula is C11H14Cl2N2O4. The second-order valence-corrected chi connectivity index (χ2v) is 3.94. The van der Waals surface area contributed by atoms with Crippen LogP contribution in [0, 0.1) is 10.1 Å². The lowest BCUT2D eigenvalue weighted by atomic mass is 10.2. The Bertz CT molecular complexity index is 454. The van der Waals surface area contributed by atoms with E-state index < -0.39 is 4.92 Å². The molecule has 0 fully saturated rings. The summed E-state index contributed by atoms with van der Waals surface area (Å²) >= 11 is 5.92. The molecule has 0 atom stereocenters. The smallest absolute Gasteiger partial charge is 0.306 e. The molecule has 19 heavy (non-hydrogen) atoms. The molecule has 1 N–H and O–H groups in total. The zero-order chi connectivity index (χ0) is 13.5. The van der Waals surface area contributed by atoms with E-state index in [1.807, 2.05) is 0 Å². The topological polar surface area (TPSA) is 81.5 Å². The number of carbonyl (C=O) groups excluding carboxylic acids is 1. The van der Waals surface area contributed by atoms with Crippen molar-refractivity contribution in [2.75, 3.05) is 13.7 Å². The molecule has 0 radical (unpaired) electrons. The van der Waals surface area contributed by atoms with Crippen LogP contribution in [0.15, 0.2) is 18.2 Å². The number of hydrogen-bond donors (Lipinski definition) is 1. The molecule has 0 aromatic heterocycles. The quantitative estimate of drug-likeness (QED) is 0.377. The van der Waals surface area contributed by atoms with E-state index in [0.717, 1.165) is 0 Å². The third-order valence-electron chi connectivity index (χ3n) is 2.29. The van der Waals surface area contributed by atoms with Gasteiger partial charge in [0.1, 0.15) is 0 Å². The fourth-order valence-electron chi connectivity index (χ4n) is 1.33. The van der Waals surface area contributed by atoms with E-state index in [-0.39, 0.29) is 30.5 Å². The number of carbonyl (C=O) groups is 1. The summed E-state index contributed by atoms with van der Waals surface area (Å²) in [6.45, 7) is 0.781. The molecule has 0 aliphatic heterocycles. The molecule has 8 heteroatoms. The standard InChI is InChI=1S/C11H13ClN2O4.ClH/c1-18-11(15)4-5-13-7-8-6-9(14(16)17)2-3-10(8)12;/h2-3,6,13H,4-5,7H2,1H3;1H. The number of ether oxygens (including phenoxy) is 1. The van der Waals surface area contributed by atoms with Crippen LogP contribution in [-0.2, 0) is 16.1 Å². The van der Waals surface area contributed by atoms with Gasteiger partial charge in [0.15, 0.2) is 0 Å². The van der Waals surface area contributed by atoms with Gasteiger partial charge in [-0.15, -0.1) is 12.4 Å². The number of nitro benzene ring substituents is 1. The summed E-state index contributed by atoms with van der Waals surface area (Å²) in [6, 6.07) is 4.24. The minimum atomic E-state index is -0.478. The molecule has 0 unspecified atom stereocenters. The van der Waals surface area contributed by atoms with E-state index in [2.05, 4.69) is 10.1 Å².